The molecule has 0 saturated heterocycles. The average Bonchev–Trinajstić information content (AvgIpc) is 3.37. The quantitative estimate of drug-likeness (QED) is 0.715. The Balaban J connectivity index is 1.32. The molecule has 1 aromatic heterocycles. The third-order valence-electron chi connectivity index (χ3n) is 4.08. The number of carbonyl (C=O) groups is 1. The highest BCUT2D eigenvalue weighted by Gasteiger charge is 2.16. The summed E-state index contributed by atoms with van der Waals surface area (Å²) in [6.07, 6.45) is 0.430. The molecule has 1 amide bonds. The first kappa shape index (κ1) is 16.9. The van der Waals surface area contributed by atoms with Crippen LogP contribution >= 0.6 is 0 Å². The Morgan fingerprint density at radius 3 is 2.78 bits per heavy atom. The molecule has 1 N–H and O–H groups in total. The second kappa shape index (κ2) is 7.36. The third-order valence-corrected chi connectivity index (χ3v) is 4.08. The minimum absolute atomic E-state index is 0.175. The van der Waals surface area contributed by atoms with Crippen LogP contribution < -0.4 is 19.5 Å². The zero-order valence-electron chi connectivity index (χ0n) is 14.6. The van der Waals surface area contributed by atoms with Crippen LogP contribution in [0.1, 0.15) is 16.2 Å². The maximum Gasteiger partial charge on any atom is 0.251 e. The summed E-state index contributed by atoms with van der Waals surface area (Å²) in [5.74, 6) is 2.71. The number of fused-ring (bicyclic) bond motifs is 1. The molecular formula is C19H17N3O5. The largest absolute Gasteiger partial charge is 0.497 e. The van der Waals surface area contributed by atoms with Crippen LogP contribution in [0.25, 0.3) is 11.4 Å². The number of carbonyl (C=O) groups excluding carboxylic acids is 1. The van der Waals surface area contributed by atoms with Gasteiger partial charge in [-0.1, -0.05) is 5.16 Å². The van der Waals surface area contributed by atoms with Gasteiger partial charge in [-0.15, -0.1) is 0 Å². The van der Waals surface area contributed by atoms with E-state index >= 15 is 0 Å². The van der Waals surface area contributed by atoms with Gasteiger partial charge in [0.05, 0.1) is 7.11 Å². The summed E-state index contributed by atoms with van der Waals surface area (Å²) in [6.45, 7) is 0.547. The molecule has 3 aromatic rings. The molecular weight excluding hydrogens is 350 g/mol. The number of benzene rings is 2. The van der Waals surface area contributed by atoms with Crippen molar-refractivity contribution in [2.75, 3.05) is 20.4 Å². The molecule has 0 unspecified atom stereocenters. The first-order chi connectivity index (χ1) is 13.2. The number of nitrogens with zero attached hydrogens (tertiary/aromatic N) is 2. The Bertz CT molecular complexity index is 952. The molecule has 0 aliphatic carbocycles. The van der Waals surface area contributed by atoms with Gasteiger partial charge in [0.15, 0.2) is 11.5 Å². The predicted octanol–water partition coefficient (Wildman–Crippen LogP) is 2.45. The van der Waals surface area contributed by atoms with Gasteiger partial charge < -0.3 is 24.1 Å². The summed E-state index contributed by atoms with van der Waals surface area (Å²) in [4.78, 5) is 16.6. The van der Waals surface area contributed by atoms with Gasteiger partial charge in [-0.25, -0.2) is 0 Å². The van der Waals surface area contributed by atoms with Crippen LogP contribution in [-0.4, -0.2) is 36.5 Å². The van der Waals surface area contributed by atoms with E-state index < -0.39 is 0 Å². The van der Waals surface area contributed by atoms with Crippen molar-refractivity contribution in [1.29, 1.82) is 0 Å². The molecule has 0 spiro atoms. The van der Waals surface area contributed by atoms with Gasteiger partial charge in [0, 0.05) is 24.1 Å². The van der Waals surface area contributed by atoms with Crippen molar-refractivity contribution in [2.24, 2.45) is 0 Å². The number of nitrogens with one attached hydrogen (secondary N) is 1. The Hall–Kier alpha value is -3.55. The average molecular weight is 367 g/mol. The van der Waals surface area contributed by atoms with E-state index in [-0.39, 0.29) is 12.7 Å². The highest BCUT2D eigenvalue weighted by Crippen LogP contribution is 2.32. The number of methoxy groups -OCH3 is 1. The summed E-state index contributed by atoms with van der Waals surface area (Å²) >= 11 is 0. The van der Waals surface area contributed by atoms with Crippen molar-refractivity contribution >= 4 is 5.91 Å². The lowest BCUT2D eigenvalue weighted by atomic mass is 10.2. The van der Waals surface area contributed by atoms with E-state index in [1.165, 1.54) is 0 Å². The second-order valence-corrected chi connectivity index (χ2v) is 5.81. The number of hydrogen-bond acceptors (Lipinski definition) is 7. The monoisotopic (exact) mass is 367 g/mol. The van der Waals surface area contributed by atoms with Gasteiger partial charge in [0.2, 0.25) is 18.5 Å². The topological polar surface area (TPSA) is 95.7 Å². The number of aromatic nitrogens is 2. The highest BCUT2D eigenvalue weighted by atomic mass is 16.7. The van der Waals surface area contributed by atoms with E-state index in [2.05, 4.69) is 15.5 Å². The SMILES string of the molecule is COc1ccc(-c2noc(CCNC(=O)c3ccc4c(c3)OCO4)n2)cc1. The summed E-state index contributed by atoms with van der Waals surface area (Å²) in [5.41, 5.74) is 1.33. The van der Waals surface area contributed by atoms with E-state index in [0.29, 0.717) is 41.7 Å². The van der Waals surface area contributed by atoms with E-state index in [4.69, 9.17) is 18.7 Å². The van der Waals surface area contributed by atoms with Crippen molar-refractivity contribution in [3.05, 3.63) is 53.9 Å². The molecule has 0 atom stereocenters. The fourth-order valence-corrected chi connectivity index (χ4v) is 2.64. The van der Waals surface area contributed by atoms with Crippen molar-refractivity contribution in [3.63, 3.8) is 0 Å². The Morgan fingerprint density at radius 1 is 1.15 bits per heavy atom. The van der Waals surface area contributed by atoms with Crippen LogP contribution in [0.3, 0.4) is 0 Å². The first-order valence-corrected chi connectivity index (χ1v) is 8.38. The van der Waals surface area contributed by atoms with Crippen molar-refractivity contribution in [2.45, 2.75) is 6.42 Å². The molecule has 4 rings (SSSR count). The van der Waals surface area contributed by atoms with Gasteiger partial charge in [0.25, 0.3) is 5.91 Å². The van der Waals surface area contributed by atoms with Crippen LogP contribution in [-0.2, 0) is 6.42 Å². The zero-order chi connectivity index (χ0) is 18.6. The molecule has 0 radical (unpaired) electrons. The lowest BCUT2D eigenvalue weighted by Gasteiger charge is -2.04. The second-order valence-electron chi connectivity index (χ2n) is 5.81. The van der Waals surface area contributed by atoms with Crippen LogP contribution in [0.4, 0.5) is 0 Å². The fraction of sp³-hybridized carbons (Fsp3) is 0.211. The summed E-state index contributed by atoms with van der Waals surface area (Å²) in [7, 11) is 1.61. The van der Waals surface area contributed by atoms with Crippen LogP contribution in [0.15, 0.2) is 47.0 Å². The molecule has 0 saturated carbocycles. The number of amides is 1. The Morgan fingerprint density at radius 2 is 1.96 bits per heavy atom. The predicted molar refractivity (Wildman–Crippen MR) is 94.9 cm³/mol. The molecule has 2 heterocycles. The normalized spacial score (nSPS) is 12.0. The lowest BCUT2D eigenvalue weighted by Crippen LogP contribution is -2.25. The smallest absolute Gasteiger partial charge is 0.251 e. The first-order valence-electron chi connectivity index (χ1n) is 8.38. The van der Waals surface area contributed by atoms with Gasteiger partial charge in [-0.3, -0.25) is 4.79 Å². The van der Waals surface area contributed by atoms with Crippen molar-refractivity contribution in [3.8, 4) is 28.6 Å². The van der Waals surface area contributed by atoms with E-state index in [9.17, 15) is 4.79 Å². The van der Waals surface area contributed by atoms with Gasteiger partial charge in [-0.2, -0.15) is 4.98 Å². The Labute approximate surface area is 155 Å². The molecule has 0 fully saturated rings. The molecule has 2 aromatic carbocycles. The standard InChI is InChI=1S/C19H17N3O5/c1-24-14-5-2-12(3-6-14)18-21-17(27-22-18)8-9-20-19(23)13-4-7-15-16(10-13)26-11-25-15/h2-7,10H,8-9,11H2,1H3,(H,20,23). The minimum Gasteiger partial charge on any atom is -0.497 e. The molecule has 1 aliphatic rings. The maximum atomic E-state index is 12.2. The molecule has 138 valence electrons. The zero-order valence-corrected chi connectivity index (χ0v) is 14.6. The molecule has 0 bridgehead atoms. The van der Waals surface area contributed by atoms with Crippen molar-refractivity contribution in [1.82, 2.24) is 15.5 Å². The summed E-state index contributed by atoms with van der Waals surface area (Å²) in [6, 6.07) is 12.4. The van der Waals surface area contributed by atoms with Crippen LogP contribution in [0.2, 0.25) is 0 Å². The molecule has 8 nitrogen and oxygen atoms in total. The highest BCUT2D eigenvalue weighted by molar-refractivity contribution is 5.94. The van der Waals surface area contributed by atoms with Crippen LogP contribution in [0, 0.1) is 0 Å². The third kappa shape index (κ3) is 3.69. The number of rotatable bonds is 6. The van der Waals surface area contributed by atoms with E-state index in [1.807, 2.05) is 24.3 Å². The van der Waals surface area contributed by atoms with Crippen LogP contribution in [0.5, 0.6) is 17.2 Å². The summed E-state index contributed by atoms with van der Waals surface area (Å²) < 4.78 is 20.9. The number of hydrogen-bond donors (Lipinski definition) is 1. The van der Waals surface area contributed by atoms with E-state index in [0.717, 1.165) is 11.3 Å². The maximum absolute atomic E-state index is 12.2. The van der Waals surface area contributed by atoms with Gasteiger partial charge in [0.1, 0.15) is 5.75 Å². The van der Waals surface area contributed by atoms with Gasteiger partial charge >= 0.3 is 0 Å². The Kier molecular flexibility index (Phi) is 4.61. The molecule has 8 heteroatoms. The molecule has 1 aliphatic heterocycles. The fourth-order valence-electron chi connectivity index (χ4n) is 2.64. The molecule has 27 heavy (non-hydrogen) atoms. The number of ether oxygens (including phenoxy) is 3. The van der Waals surface area contributed by atoms with Crippen molar-refractivity contribution < 1.29 is 23.5 Å². The van der Waals surface area contributed by atoms with Gasteiger partial charge in [-0.05, 0) is 42.5 Å². The minimum atomic E-state index is -0.205. The summed E-state index contributed by atoms with van der Waals surface area (Å²) in [5, 5.41) is 6.79. The van der Waals surface area contributed by atoms with E-state index in [1.54, 1.807) is 25.3 Å². The lowest BCUT2D eigenvalue weighted by molar-refractivity contribution is 0.0953.